The fraction of sp³-hybridized carbons (Fsp3) is 1.00. The third kappa shape index (κ3) is 2.83. The summed E-state index contributed by atoms with van der Waals surface area (Å²) in [5.74, 6) is 0.148. The summed E-state index contributed by atoms with van der Waals surface area (Å²) in [7, 11) is 0. The second-order valence-corrected chi connectivity index (χ2v) is 6.85. The molecule has 3 heteroatoms. The zero-order valence-corrected chi connectivity index (χ0v) is 11.5. The minimum Gasteiger partial charge on any atom is -0.393 e. The van der Waals surface area contributed by atoms with Gasteiger partial charge in [-0.2, -0.15) is 0 Å². The van der Waals surface area contributed by atoms with Crippen LogP contribution in [0.1, 0.15) is 47.0 Å². The summed E-state index contributed by atoms with van der Waals surface area (Å²) >= 11 is 0. The highest BCUT2D eigenvalue weighted by Crippen LogP contribution is 2.41. The van der Waals surface area contributed by atoms with Gasteiger partial charge in [0.15, 0.2) is 5.79 Å². The number of hydrogen-bond acceptors (Lipinski definition) is 3. The molecule has 17 heavy (non-hydrogen) atoms. The van der Waals surface area contributed by atoms with E-state index >= 15 is 0 Å². The first kappa shape index (κ1) is 13.3. The van der Waals surface area contributed by atoms with Crippen LogP contribution in [0.15, 0.2) is 0 Å². The molecule has 0 aromatic heterocycles. The Hall–Kier alpha value is -0.120. The van der Waals surface area contributed by atoms with E-state index in [0.717, 1.165) is 19.3 Å². The third-order valence-corrected chi connectivity index (χ3v) is 4.25. The Morgan fingerprint density at radius 1 is 1.06 bits per heavy atom. The van der Waals surface area contributed by atoms with Crippen LogP contribution in [0, 0.1) is 17.3 Å². The molecule has 100 valence electrons. The van der Waals surface area contributed by atoms with Crippen LogP contribution in [0.4, 0.5) is 0 Å². The van der Waals surface area contributed by atoms with Gasteiger partial charge in [0.25, 0.3) is 0 Å². The molecule has 0 aromatic carbocycles. The Balaban J connectivity index is 2.01. The lowest BCUT2D eigenvalue weighted by atomic mass is 9.76. The molecule has 3 nitrogen and oxygen atoms in total. The van der Waals surface area contributed by atoms with Crippen molar-refractivity contribution in [2.75, 3.05) is 13.2 Å². The van der Waals surface area contributed by atoms with E-state index in [9.17, 15) is 5.11 Å². The molecule has 0 amide bonds. The SMILES string of the molecule is C[C@@H]1CC[C@@H](C2(C)OCC(C)(C)CO2)[C@H](O)C1. The van der Waals surface area contributed by atoms with Gasteiger partial charge in [0.1, 0.15) is 0 Å². The van der Waals surface area contributed by atoms with Gasteiger partial charge in [-0.05, 0) is 25.7 Å². The highest BCUT2D eigenvalue weighted by Gasteiger charge is 2.47. The van der Waals surface area contributed by atoms with Gasteiger partial charge in [-0.1, -0.05) is 27.2 Å². The van der Waals surface area contributed by atoms with Crippen LogP contribution in [0.3, 0.4) is 0 Å². The maximum absolute atomic E-state index is 10.2. The van der Waals surface area contributed by atoms with E-state index in [-0.39, 0.29) is 17.4 Å². The minimum absolute atomic E-state index is 0.0897. The molecule has 0 radical (unpaired) electrons. The van der Waals surface area contributed by atoms with Crippen molar-refractivity contribution in [3.8, 4) is 0 Å². The van der Waals surface area contributed by atoms with Crippen LogP contribution < -0.4 is 0 Å². The van der Waals surface area contributed by atoms with Crippen LogP contribution in [-0.4, -0.2) is 30.2 Å². The maximum atomic E-state index is 10.2. The van der Waals surface area contributed by atoms with Gasteiger partial charge in [0.05, 0.1) is 19.3 Å². The normalized spacial score (nSPS) is 41.1. The van der Waals surface area contributed by atoms with E-state index in [1.54, 1.807) is 0 Å². The summed E-state index contributed by atoms with van der Waals surface area (Å²) in [5, 5.41) is 10.2. The van der Waals surface area contributed by atoms with Crippen molar-refractivity contribution >= 4 is 0 Å². The Morgan fingerprint density at radius 2 is 1.65 bits per heavy atom. The molecule has 1 aliphatic carbocycles. The van der Waals surface area contributed by atoms with Gasteiger partial charge in [-0.15, -0.1) is 0 Å². The van der Waals surface area contributed by atoms with Crippen LogP contribution in [0.2, 0.25) is 0 Å². The van der Waals surface area contributed by atoms with Gasteiger partial charge in [0.2, 0.25) is 0 Å². The summed E-state index contributed by atoms with van der Waals surface area (Å²) < 4.78 is 11.9. The molecule has 3 atom stereocenters. The average Bonchev–Trinajstić information content (AvgIpc) is 2.23. The molecule has 1 saturated carbocycles. The molecule has 1 saturated heterocycles. The Bertz CT molecular complexity index is 265. The average molecular weight is 242 g/mol. The summed E-state index contributed by atoms with van der Waals surface area (Å²) in [6.07, 6.45) is 2.74. The maximum Gasteiger partial charge on any atom is 0.170 e. The van der Waals surface area contributed by atoms with Crippen molar-refractivity contribution in [2.24, 2.45) is 17.3 Å². The molecule has 1 aliphatic heterocycles. The van der Waals surface area contributed by atoms with Crippen molar-refractivity contribution in [1.29, 1.82) is 0 Å². The number of ether oxygens (including phenoxy) is 2. The van der Waals surface area contributed by atoms with E-state index in [4.69, 9.17) is 9.47 Å². The monoisotopic (exact) mass is 242 g/mol. The van der Waals surface area contributed by atoms with Gasteiger partial charge in [0, 0.05) is 11.3 Å². The molecule has 1 N–H and O–H groups in total. The highest BCUT2D eigenvalue weighted by molar-refractivity contribution is 4.89. The van der Waals surface area contributed by atoms with Gasteiger partial charge in [-0.25, -0.2) is 0 Å². The lowest BCUT2D eigenvalue weighted by molar-refractivity contribution is -0.326. The molecular weight excluding hydrogens is 216 g/mol. The number of aliphatic hydroxyl groups excluding tert-OH is 1. The standard InChI is InChI=1S/C14H26O3/c1-10-5-6-11(12(15)7-10)14(4)16-8-13(2,3)9-17-14/h10-12,15H,5-9H2,1-4H3/t10-,11-,12-/m1/s1. The van der Waals surface area contributed by atoms with Gasteiger partial charge in [-0.3, -0.25) is 0 Å². The van der Waals surface area contributed by atoms with Crippen molar-refractivity contribution in [2.45, 2.75) is 58.8 Å². The molecular formula is C14H26O3. The smallest absolute Gasteiger partial charge is 0.170 e. The van der Waals surface area contributed by atoms with Crippen molar-refractivity contribution in [1.82, 2.24) is 0 Å². The predicted octanol–water partition coefficient (Wildman–Crippen LogP) is 2.57. The first-order valence-corrected chi connectivity index (χ1v) is 6.78. The van der Waals surface area contributed by atoms with Gasteiger partial charge < -0.3 is 14.6 Å². The van der Waals surface area contributed by atoms with Crippen LogP contribution >= 0.6 is 0 Å². The molecule has 0 aromatic rings. The number of aliphatic hydroxyl groups is 1. The Kier molecular flexibility index (Phi) is 3.54. The van der Waals surface area contributed by atoms with E-state index in [0.29, 0.717) is 19.1 Å². The minimum atomic E-state index is -0.588. The lowest BCUT2D eigenvalue weighted by Gasteiger charge is -2.48. The fourth-order valence-electron chi connectivity index (χ4n) is 2.94. The third-order valence-electron chi connectivity index (χ3n) is 4.25. The van der Waals surface area contributed by atoms with E-state index in [1.807, 2.05) is 6.92 Å². The molecule has 0 bridgehead atoms. The predicted molar refractivity (Wildman–Crippen MR) is 66.6 cm³/mol. The molecule has 2 fully saturated rings. The fourth-order valence-corrected chi connectivity index (χ4v) is 2.94. The van der Waals surface area contributed by atoms with Gasteiger partial charge >= 0.3 is 0 Å². The largest absolute Gasteiger partial charge is 0.393 e. The molecule has 0 spiro atoms. The van der Waals surface area contributed by atoms with E-state index in [2.05, 4.69) is 20.8 Å². The second-order valence-electron chi connectivity index (χ2n) is 6.85. The summed E-state index contributed by atoms with van der Waals surface area (Å²) in [5.41, 5.74) is 0.0897. The Morgan fingerprint density at radius 3 is 2.18 bits per heavy atom. The Labute approximate surface area is 104 Å². The molecule has 1 heterocycles. The highest BCUT2D eigenvalue weighted by atomic mass is 16.7. The first-order chi connectivity index (χ1) is 7.82. The lowest BCUT2D eigenvalue weighted by Crippen LogP contribution is -2.54. The van der Waals surface area contributed by atoms with Crippen LogP contribution in [-0.2, 0) is 9.47 Å². The van der Waals surface area contributed by atoms with Crippen molar-refractivity contribution < 1.29 is 14.6 Å². The van der Waals surface area contributed by atoms with E-state index < -0.39 is 5.79 Å². The zero-order valence-electron chi connectivity index (χ0n) is 11.5. The summed E-state index contributed by atoms with van der Waals surface area (Å²) in [4.78, 5) is 0. The number of hydrogen-bond donors (Lipinski definition) is 1. The van der Waals surface area contributed by atoms with Crippen molar-refractivity contribution in [3.63, 3.8) is 0 Å². The quantitative estimate of drug-likeness (QED) is 0.768. The first-order valence-electron chi connectivity index (χ1n) is 6.78. The van der Waals surface area contributed by atoms with Crippen LogP contribution in [0.25, 0.3) is 0 Å². The van der Waals surface area contributed by atoms with Crippen molar-refractivity contribution in [3.05, 3.63) is 0 Å². The number of rotatable bonds is 1. The molecule has 2 aliphatic rings. The summed E-state index contributed by atoms with van der Waals surface area (Å²) in [6, 6.07) is 0. The molecule has 0 unspecified atom stereocenters. The summed E-state index contributed by atoms with van der Waals surface area (Å²) in [6.45, 7) is 9.90. The van der Waals surface area contributed by atoms with Crippen LogP contribution in [0.5, 0.6) is 0 Å². The second kappa shape index (κ2) is 4.52. The zero-order chi connectivity index (χ0) is 12.7. The van der Waals surface area contributed by atoms with E-state index in [1.165, 1.54) is 0 Å². The molecule has 2 rings (SSSR count). The topological polar surface area (TPSA) is 38.7 Å².